The second-order valence-corrected chi connectivity index (χ2v) is 7.11. The summed E-state index contributed by atoms with van der Waals surface area (Å²) >= 11 is 0. The molecule has 124 valence electrons. The maximum absolute atomic E-state index is 14.2. The lowest BCUT2D eigenvalue weighted by Crippen LogP contribution is -2.01. The van der Waals surface area contributed by atoms with E-state index < -0.39 is 27.2 Å². The first-order chi connectivity index (χ1) is 11.4. The summed E-state index contributed by atoms with van der Waals surface area (Å²) in [7, 11) is -3.70. The minimum atomic E-state index is -3.70. The third kappa shape index (κ3) is 2.92. The van der Waals surface area contributed by atoms with E-state index in [0.29, 0.717) is 11.3 Å². The van der Waals surface area contributed by atoms with Crippen LogP contribution in [0.25, 0.3) is 22.4 Å². The first-order valence-electron chi connectivity index (χ1n) is 6.86. The molecule has 2 aromatic heterocycles. The number of nitrogens with zero attached hydrogens (tertiary/aromatic N) is 2. The maximum Gasteiger partial charge on any atom is 0.178 e. The summed E-state index contributed by atoms with van der Waals surface area (Å²) in [6, 6.07) is 6.95. The smallest absolute Gasteiger partial charge is 0.178 e. The van der Waals surface area contributed by atoms with Crippen LogP contribution in [-0.4, -0.2) is 24.8 Å². The summed E-state index contributed by atoms with van der Waals surface area (Å²) in [5.74, 6) is -0.987. The van der Waals surface area contributed by atoms with Gasteiger partial charge in [0.15, 0.2) is 22.3 Å². The Hall–Kier alpha value is -2.61. The standard InChI is InChI=1S/C16H12F2N2O3S/c1-24(21,22)14-5-4-10(7-12(14)18)15-13(8-17)23-20-16(15)11-3-2-6-19-9-11/h2-7,9H,8H2,1H3. The van der Waals surface area contributed by atoms with Gasteiger partial charge in [0, 0.05) is 24.2 Å². The Morgan fingerprint density at radius 1 is 1.21 bits per heavy atom. The molecule has 5 nitrogen and oxygen atoms in total. The van der Waals surface area contributed by atoms with Crippen molar-refractivity contribution in [2.45, 2.75) is 11.6 Å². The van der Waals surface area contributed by atoms with Gasteiger partial charge in [0.1, 0.15) is 16.4 Å². The van der Waals surface area contributed by atoms with Crippen molar-refractivity contribution in [3.63, 3.8) is 0 Å². The molecule has 0 unspecified atom stereocenters. The molecule has 0 aliphatic rings. The predicted molar refractivity (Wildman–Crippen MR) is 83.0 cm³/mol. The molecule has 0 bridgehead atoms. The van der Waals surface area contributed by atoms with Crippen molar-refractivity contribution in [3.05, 3.63) is 54.3 Å². The van der Waals surface area contributed by atoms with E-state index in [2.05, 4.69) is 10.1 Å². The van der Waals surface area contributed by atoms with E-state index in [0.717, 1.165) is 18.4 Å². The Bertz CT molecular complexity index is 986. The van der Waals surface area contributed by atoms with Gasteiger partial charge in [-0.05, 0) is 29.8 Å². The van der Waals surface area contributed by atoms with Crippen LogP contribution in [0.4, 0.5) is 8.78 Å². The Labute approximate surface area is 136 Å². The van der Waals surface area contributed by atoms with Gasteiger partial charge < -0.3 is 4.52 Å². The molecular formula is C16H12F2N2O3S. The number of aromatic nitrogens is 2. The van der Waals surface area contributed by atoms with E-state index >= 15 is 0 Å². The highest BCUT2D eigenvalue weighted by Crippen LogP contribution is 2.35. The van der Waals surface area contributed by atoms with Crippen LogP contribution < -0.4 is 0 Å². The van der Waals surface area contributed by atoms with Crippen LogP contribution >= 0.6 is 0 Å². The molecule has 3 rings (SSSR count). The number of hydrogen-bond acceptors (Lipinski definition) is 5. The van der Waals surface area contributed by atoms with Crippen molar-refractivity contribution in [2.75, 3.05) is 6.26 Å². The molecule has 0 spiro atoms. The van der Waals surface area contributed by atoms with E-state index in [1.54, 1.807) is 18.3 Å². The highest BCUT2D eigenvalue weighted by Gasteiger charge is 2.22. The van der Waals surface area contributed by atoms with Gasteiger partial charge in [0.05, 0.1) is 5.56 Å². The summed E-state index contributed by atoms with van der Waals surface area (Å²) in [4.78, 5) is 3.54. The summed E-state index contributed by atoms with van der Waals surface area (Å²) in [5.41, 5.74) is 1.42. The SMILES string of the molecule is CS(=O)(=O)c1ccc(-c2c(-c3cccnc3)noc2CF)cc1F. The van der Waals surface area contributed by atoms with Crippen molar-refractivity contribution in [3.8, 4) is 22.4 Å². The quantitative estimate of drug-likeness (QED) is 0.721. The number of hydrogen-bond donors (Lipinski definition) is 0. The van der Waals surface area contributed by atoms with Crippen molar-refractivity contribution < 1.29 is 21.7 Å². The normalized spacial score (nSPS) is 11.6. The molecule has 1 aromatic carbocycles. The minimum absolute atomic E-state index is 0.0691. The third-order valence-corrected chi connectivity index (χ3v) is 4.57. The maximum atomic E-state index is 14.2. The van der Waals surface area contributed by atoms with Gasteiger partial charge in [-0.25, -0.2) is 17.2 Å². The van der Waals surface area contributed by atoms with E-state index in [4.69, 9.17) is 4.52 Å². The van der Waals surface area contributed by atoms with Gasteiger partial charge in [-0.2, -0.15) is 0 Å². The Balaban J connectivity index is 2.20. The lowest BCUT2D eigenvalue weighted by atomic mass is 10.00. The number of rotatable bonds is 4. The van der Waals surface area contributed by atoms with Crippen LogP contribution in [0.1, 0.15) is 5.76 Å². The fraction of sp³-hybridized carbons (Fsp3) is 0.125. The molecule has 0 N–H and O–H groups in total. The van der Waals surface area contributed by atoms with Gasteiger partial charge in [-0.15, -0.1) is 0 Å². The van der Waals surface area contributed by atoms with E-state index in [1.807, 2.05) is 0 Å². The van der Waals surface area contributed by atoms with Gasteiger partial charge in [0.25, 0.3) is 0 Å². The van der Waals surface area contributed by atoms with E-state index in [1.165, 1.54) is 12.3 Å². The largest absolute Gasteiger partial charge is 0.357 e. The number of alkyl halides is 1. The topological polar surface area (TPSA) is 73.1 Å². The lowest BCUT2D eigenvalue weighted by molar-refractivity contribution is 0.332. The predicted octanol–water partition coefficient (Wildman–Crippen LogP) is 3.42. The van der Waals surface area contributed by atoms with Crippen molar-refractivity contribution in [2.24, 2.45) is 0 Å². The zero-order chi connectivity index (χ0) is 17.3. The fourth-order valence-electron chi connectivity index (χ4n) is 2.37. The van der Waals surface area contributed by atoms with Crippen LogP contribution in [-0.2, 0) is 16.5 Å². The molecule has 0 aliphatic carbocycles. The summed E-state index contributed by atoms with van der Waals surface area (Å²) in [6.45, 7) is -0.932. The average Bonchev–Trinajstić information content (AvgIpc) is 2.98. The fourth-order valence-corrected chi connectivity index (χ4v) is 3.10. The highest BCUT2D eigenvalue weighted by molar-refractivity contribution is 7.90. The van der Waals surface area contributed by atoms with E-state index in [9.17, 15) is 17.2 Å². The van der Waals surface area contributed by atoms with Crippen LogP contribution in [0.3, 0.4) is 0 Å². The van der Waals surface area contributed by atoms with Crippen molar-refractivity contribution >= 4 is 9.84 Å². The number of benzene rings is 1. The zero-order valence-electron chi connectivity index (χ0n) is 12.5. The summed E-state index contributed by atoms with van der Waals surface area (Å²) in [6.07, 6.45) is 4.00. The number of sulfone groups is 1. The summed E-state index contributed by atoms with van der Waals surface area (Å²) < 4.78 is 55.4. The molecule has 0 amide bonds. The van der Waals surface area contributed by atoms with Crippen LogP contribution in [0.5, 0.6) is 0 Å². The summed E-state index contributed by atoms with van der Waals surface area (Å²) in [5, 5.41) is 3.84. The molecule has 0 atom stereocenters. The number of halogens is 2. The molecular weight excluding hydrogens is 338 g/mol. The highest BCUT2D eigenvalue weighted by atomic mass is 32.2. The monoisotopic (exact) mass is 350 g/mol. The molecule has 8 heteroatoms. The van der Waals surface area contributed by atoms with Gasteiger partial charge in [-0.1, -0.05) is 11.2 Å². The number of pyridine rings is 1. The van der Waals surface area contributed by atoms with Crippen LogP contribution in [0, 0.1) is 5.82 Å². The first-order valence-corrected chi connectivity index (χ1v) is 8.76. The Morgan fingerprint density at radius 2 is 2.00 bits per heavy atom. The molecule has 0 saturated carbocycles. The minimum Gasteiger partial charge on any atom is -0.357 e. The van der Waals surface area contributed by atoms with Crippen LogP contribution in [0.2, 0.25) is 0 Å². The Morgan fingerprint density at radius 3 is 2.58 bits per heavy atom. The second kappa shape index (κ2) is 6.12. The van der Waals surface area contributed by atoms with Gasteiger partial charge >= 0.3 is 0 Å². The second-order valence-electron chi connectivity index (χ2n) is 5.12. The van der Waals surface area contributed by atoms with Gasteiger partial charge in [0.2, 0.25) is 0 Å². The molecule has 3 aromatic rings. The van der Waals surface area contributed by atoms with Crippen LogP contribution in [0.15, 0.2) is 52.1 Å². The van der Waals surface area contributed by atoms with Crippen molar-refractivity contribution in [1.82, 2.24) is 10.1 Å². The van der Waals surface area contributed by atoms with Gasteiger partial charge in [-0.3, -0.25) is 4.98 Å². The average molecular weight is 350 g/mol. The molecule has 0 saturated heterocycles. The molecule has 2 heterocycles. The third-order valence-electron chi connectivity index (χ3n) is 3.44. The zero-order valence-corrected chi connectivity index (χ0v) is 13.3. The molecule has 0 aliphatic heterocycles. The van der Waals surface area contributed by atoms with E-state index in [-0.39, 0.29) is 16.9 Å². The lowest BCUT2D eigenvalue weighted by Gasteiger charge is -2.06. The first kappa shape index (κ1) is 16.3. The molecule has 0 radical (unpaired) electrons. The van der Waals surface area contributed by atoms with Crippen molar-refractivity contribution in [1.29, 1.82) is 0 Å². The molecule has 0 fully saturated rings. The molecule has 24 heavy (non-hydrogen) atoms. The Kier molecular flexibility index (Phi) is 4.15.